The Morgan fingerprint density at radius 2 is 0.947 bits per heavy atom. The maximum Gasteiger partial charge on any atom is 0.306 e. The zero-order chi connectivity index (χ0) is 41.7. The molecule has 0 rings (SSSR count). The number of unbranched alkanes of at least 4 members (excludes halogenated alkanes) is 23. The highest BCUT2D eigenvalue weighted by Gasteiger charge is 2.24. The SMILES string of the molecule is CC/C=C/C/C=C/CCCCCCCCCC(=O)OC(CCCCCCC/C=C\C/C=C\CCCCC)CC(=O)NC(CO)C(O)CCCCCCCCCCC. The van der Waals surface area contributed by atoms with Crippen molar-refractivity contribution in [2.24, 2.45) is 0 Å². The average molecular weight is 800 g/mol. The maximum atomic E-state index is 13.1. The summed E-state index contributed by atoms with van der Waals surface area (Å²) in [5, 5.41) is 23.6. The summed E-state index contributed by atoms with van der Waals surface area (Å²) in [7, 11) is 0. The van der Waals surface area contributed by atoms with Crippen LogP contribution in [0.2, 0.25) is 0 Å². The first-order valence-electron chi connectivity index (χ1n) is 24.4. The van der Waals surface area contributed by atoms with Gasteiger partial charge in [0, 0.05) is 6.42 Å². The number of hydrogen-bond donors (Lipinski definition) is 3. The topological polar surface area (TPSA) is 95.9 Å². The molecule has 0 aromatic rings. The van der Waals surface area contributed by atoms with Gasteiger partial charge >= 0.3 is 5.97 Å². The standard InChI is InChI=1S/C51H93NO5/c1-4-7-10-13-16-19-21-23-25-26-28-31-33-36-39-42-47(57-51(56)44-41-38-35-32-29-27-24-22-20-17-14-11-8-5-2)45-50(55)52-48(46-53)49(54)43-40-37-34-30-18-15-12-9-6-3/h8,11,16-17,19-20,23,25,47-49,53-54H,4-7,9-10,12-15,18,21-22,24,26-46H2,1-3H3,(H,52,55)/b11-8+,19-16-,20-17+,25-23-. The predicted molar refractivity (Wildman–Crippen MR) is 245 cm³/mol. The summed E-state index contributed by atoms with van der Waals surface area (Å²) < 4.78 is 5.91. The highest BCUT2D eigenvalue weighted by atomic mass is 16.5. The third-order valence-corrected chi connectivity index (χ3v) is 10.9. The Balaban J connectivity index is 4.63. The van der Waals surface area contributed by atoms with E-state index in [1.807, 2.05) is 0 Å². The molecular formula is C51H93NO5. The second-order valence-electron chi connectivity index (χ2n) is 16.5. The Labute approximate surface area is 353 Å². The number of ether oxygens (including phenoxy) is 1. The van der Waals surface area contributed by atoms with Crippen LogP contribution < -0.4 is 5.32 Å². The molecule has 0 radical (unpaired) electrons. The van der Waals surface area contributed by atoms with Crippen LogP contribution in [0.3, 0.4) is 0 Å². The van der Waals surface area contributed by atoms with Crippen molar-refractivity contribution < 1.29 is 24.5 Å². The summed E-state index contributed by atoms with van der Waals surface area (Å²) >= 11 is 0. The minimum absolute atomic E-state index is 0.0649. The highest BCUT2D eigenvalue weighted by Crippen LogP contribution is 2.17. The molecule has 0 spiro atoms. The maximum absolute atomic E-state index is 13.1. The quantitative estimate of drug-likeness (QED) is 0.0324. The summed E-state index contributed by atoms with van der Waals surface area (Å²) in [5.41, 5.74) is 0. The predicted octanol–water partition coefficient (Wildman–Crippen LogP) is 14.3. The lowest BCUT2D eigenvalue weighted by Crippen LogP contribution is -2.46. The van der Waals surface area contributed by atoms with Crippen LogP contribution in [0.4, 0.5) is 0 Å². The van der Waals surface area contributed by atoms with E-state index in [1.54, 1.807) is 0 Å². The number of rotatable bonds is 43. The second-order valence-corrected chi connectivity index (χ2v) is 16.5. The summed E-state index contributed by atoms with van der Waals surface area (Å²) in [5.74, 6) is -0.496. The average Bonchev–Trinajstić information content (AvgIpc) is 3.20. The normalized spacial score (nSPS) is 13.7. The van der Waals surface area contributed by atoms with Crippen LogP contribution in [0.15, 0.2) is 48.6 Å². The van der Waals surface area contributed by atoms with E-state index in [4.69, 9.17) is 4.74 Å². The number of esters is 1. The van der Waals surface area contributed by atoms with Crippen LogP contribution in [-0.2, 0) is 14.3 Å². The zero-order valence-electron chi connectivity index (χ0n) is 37.7. The third-order valence-electron chi connectivity index (χ3n) is 10.9. The molecule has 0 aliphatic rings. The van der Waals surface area contributed by atoms with Crippen LogP contribution in [-0.4, -0.2) is 46.9 Å². The lowest BCUT2D eigenvalue weighted by Gasteiger charge is -2.24. The molecule has 57 heavy (non-hydrogen) atoms. The van der Waals surface area contributed by atoms with Crippen molar-refractivity contribution in [2.45, 2.75) is 257 Å². The van der Waals surface area contributed by atoms with Crippen LogP contribution in [0.1, 0.15) is 239 Å². The first-order chi connectivity index (χ1) is 28.0. The van der Waals surface area contributed by atoms with Crippen molar-refractivity contribution in [3.05, 3.63) is 48.6 Å². The summed E-state index contributed by atoms with van der Waals surface area (Å²) in [4.78, 5) is 26.1. The van der Waals surface area contributed by atoms with E-state index >= 15 is 0 Å². The molecule has 0 saturated carbocycles. The fourth-order valence-corrected chi connectivity index (χ4v) is 7.20. The van der Waals surface area contributed by atoms with Crippen LogP contribution in [0.25, 0.3) is 0 Å². The van der Waals surface area contributed by atoms with Crippen molar-refractivity contribution in [3.63, 3.8) is 0 Å². The molecule has 0 aliphatic heterocycles. The molecule has 0 fully saturated rings. The monoisotopic (exact) mass is 800 g/mol. The van der Waals surface area contributed by atoms with E-state index in [2.05, 4.69) is 74.7 Å². The number of aliphatic hydroxyl groups is 2. The van der Waals surface area contributed by atoms with Gasteiger partial charge in [0.05, 0.1) is 25.2 Å². The van der Waals surface area contributed by atoms with Gasteiger partial charge < -0.3 is 20.3 Å². The molecule has 0 bridgehead atoms. The van der Waals surface area contributed by atoms with Gasteiger partial charge in [0.1, 0.15) is 6.10 Å². The fourth-order valence-electron chi connectivity index (χ4n) is 7.20. The van der Waals surface area contributed by atoms with Crippen LogP contribution >= 0.6 is 0 Å². The van der Waals surface area contributed by atoms with Gasteiger partial charge in [-0.1, -0.05) is 191 Å². The largest absolute Gasteiger partial charge is 0.462 e. The molecule has 3 unspecified atom stereocenters. The highest BCUT2D eigenvalue weighted by molar-refractivity contribution is 5.77. The van der Waals surface area contributed by atoms with E-state index < -0.39 is 18.2 Å². The number of carbonyl (C=O) groups excluding carboxylic acids is 2. The summed E-state index contributed by atoms with van der Waals surface area (Å²) in [6.07, 6.45) is 53.1. The number of amides is 1. The van der Waals surface area contributed by atoms with Gasteiger partial charge in [0.2, 0.25) is 5.91 Å². The molecule has 0 saturated heterocycles. The Bertz CT molecular complexity index is 988. The third kappa shape index (κ3) is 40.4. The van der Waals surface area contributed by atoms with Gasteiger partial charge in [0.25, 0.3) is 0 Å². The Morgan fingerprint density at radius 1 is 0.526 bits per heavy atom. The van der Waals surface area contributed by atoms with E-state index in [0.29, 0.717) is 19.3 Å². The minimum Gasteiger partial charge on any atom is -0.462 e. The Morgan fingerprint density at radius 3 is 1.46 bits per heavy atom. The fraction of sp³-hybridized carbons (Fsp3) is 0.804. The van der Waals surface area contributed by atoms with Gasteiger partial charge in [-0.05, 0) is 83.5 Å². The van der Waals surface area contributed by atoms with Gasteiger partial charge in [-0.25, -0.2) is 0 Å². The van der Waals surface area contributed by atoms with Gasteiger partial charge in [-0.2, -0.15) is 0 Å². The molecule has 0 aromatic heterocycles. The van der Waals surface area contributed by atoms with Crippen LogP contribution in [0, 0.1) is 0 Å². The Hall–Kier alpha value is -2.18. The van der Waals surface area contributed by atoms with Crippen molar-refractivity contribution in [3.8, 4) is 0 Å². The minimum atomic E-state index is -0.791. The molecule has 0 aromatic carbocycles. The number of carbonyl (C=O) groups is 2. The number of allylic oxidation sites excluding steroid dienone is 8. The van der Waals surface area contributed by atoms with Crippen LogP contribution in [0.5, 0.6) is 0 Å². The van der Waals surface area contributed by atoms with Gasteiger partial charge in [-0.3, -0.25) is 9.59 Å². The summed E-state index contributed by atoms with van der Waals surface area (Å²) in [6, 6.07) is -0.705. The molecule has 3 N–H and O–H groups in total. The summed E-state index contributed by atoms with van der Waals surface area (Å²) in [6.45, 7) is 6.32. The van der Waals surface area contributed by atoms with Gasteiger partial charge in [0.15, 0.2) is 0 Å². The van der Waals surface area contributed by atoms with Crippen molar-refractivity contribution in [1.29, 1.82) is 0 Å². The first kappa shape index (κ1) is 54.8. The lowest BCUT2D eigenvalue weighted by atomic mass is 10.0. The molecule has 0 aliphatic carbocycles. The molecular weight excluding hydrogens is 707 g/mol. The molecule has 332 valence electrons. The Kier molecular flexibility index (Phi) is 43.2. The molecule has 6 nitrogen and oxygen atoms in total. The number of nitrogens with one attached hydrogen (secondary N) is 1. The van der Waals surface area contributed by atoms with E-state index in [9.17, 15) is 19.8 Å². The number of aliphatic hydroxyl groups excluding tert-OH is 2. The molecule has 6 heteroatoms. The van der Waals surface area contributed by atoms with Crippen molar-refractivity contribution in [2.75, 3.05) is 6.61 Å². The van der Waals surface area contributed by atoms with Gasteiger partial charge in [-0.15, -0.1) is 0 Å². The smallest absolute Gasteiger partial charge is 0.306 e. The van der Waals surface area contributed by atoms with E-state index in [1.165, 1.54) is 103 Å². The zero-order valence-corrected chi connectivity index (χ0v) is 37.7. The second kappa shape index (κ2) is 44.9. The lowest BCUT2D eigenvalue weighted by molar-refractivity contribution is -0.151. The first-order valence-corrected chi connectivity index (χ1v) is 24.4. The molecule has 3 atom stereocenters. The molecule has 0 heterocycles. The van der Waals surface area contributed by atoms with E-state index in [0.717, 1.165) is 89.9 Å². The van der Waals surface area contributed by atoms with Crippen molar-refractivity contribution in [1.82, 2.24) is 5.32 Å². The van der Waals surface area contributed by atoms with E-state index in [-0.39, 0.29) is 24.9 Å². The van der Waals surface area contributed by atoms with Crippen molar-refractivity contribution >= 4 is 11.9 Å². The number of hydrogen-bond acceptors (Lipinski definition) is 5. The molecule has 1 amide bonds.